The zero-order valence-corrected chi connectivity index (χ0v) is 13.4. The summed E-state index contributed by atoms with van der Waals surface area (Å²) in [5.41, 5.74) is 5.00. The van der Waals surface area contributed by atoms with E-state index in [1.165, 1.54) is 4.90 Å². The summed E-state index contributed by atoms with van der Waals surface area (Å²) in [4.78, 5) is 21.4. The highest BCUT2D eigenvalue weighted by Crippen LogP contribution is 2.28. The Morgan fingerprint density at radius 3 is 2.70 bits per heavy atom. The summed E-state index contributed by atoms with van der Waals surface area (Å²) in [6, 6.07) is 11.3. The molecule has 0 spiro atoms. The summed E-state index contributed by atoms with van der Waals surface area (Å²) in [5.74, 6) is 0.795. The SMILES string of the molecule is Cc1nc2cc(-c3cc(C(=O)N(C)C)ccc3CO)ccc2[nH]1. The van der Waals surface area contributed by atoms with Crippen LogP contribution in [0.2, 0.25) is 0 Å². The van der Waals surface area contributed by atoms with Gasteiger partial charge in [-0.3, -0.25) is 4.79 Å². The highest BCUT2D eigenvalue weighted by Gasteiger charge is 2.13. The molecule has 0 saturated heterocycles. The molecule has 0 fully saturated rings. The molecule has 3 aromatic rings. The van der Waals surface area contributed by atoms with Crippen molar-refractivity contribution in [3.63, 3.8) is 0 Å². The molecule has 1 heterocycles. The van der Waals surface area contributed by atoms with E-state index in [-0.39, 0.29) is 12.5 Å². The lowest BCUT2D eigenvalue weighted by Crippen LogP contribution is -2.21. The zero-order valence-electron chi connectivity index (χ0n) is 13.4. The molecule has 0 bridgehead atoms. The highest BCUT2D eigenvalue weighted by molar-refractivity contribution is 5.96. The lowest BCUT2D eigenvalue weighted by atomic mass is 9.97. The van der Waals surface area contributed by atoms with Crippen molar-refractivity contribution in [2.24, 2.45) is 0 Å². The van der Waals surface area contributed by atoms with Crippen LogP contribution in [0.3, 0.4) is 0 Å². The lowest BCUT2D eigenvalue weighted by molar-refractivity contribution is 0.0827. The number of benzene rings is 2. The van der Waals surface area contributed by atoms with Crippen LogP contribution in [0.4, 0.5) is 0 Å². The molecule has 0 unspecified atom stereocenters. The number of aromatic amines is 1. The van der Waals surface area contributed by atoms with Gasteiger partial charge in [-0.05, 0) is 47.9 Å². The van der Waals surface area contributed by atoms with Gasteiger partial charge in [-0.25, -0.2) is 4.98 Å². The van der Waals surface area contributed by atoms with Gasteiger partial charge >= 0.3 is 0 Å². The Morgan fingerprint density at radius 1 is 1.22 bits per heavy atom. The number of carbonyl (C=O) groups is 1. The Labute approximate surface area is 134 Å². The van der Waals surface area contributed by atoms with E-state index >= 15 is 0 Å². The van der Waals surface area contributed by atoms with E-state index in [4.69, 9.17) is 0 Å². The topological polar surface area (TPSA) is 69.2 Å². The second-order valence-corrected chi connectivity index (χ2v) is 5.78. The zero-order chi connectivity index (χ0) is 16.6. The fourth-order valence-electron chi connectivity index (χ4n) is 2.68. The van der Waals surface area contributed by atoms with Gasteiger partial charge in [0.1, 0.15) is 5.82 Å². The van der Waals surface area contributed by atoms with Gasteiger partial charge in [0.25, 0.3) is 5.91 Å². The molecule has 0 atom stereocenters. The third kappa shape index (κ3) is 2.83. The van der Waals surface area contributed by atoms with E-state index in [1.54, 1.807) is 26.2 Å². The molecule has 0 aliphatic rings. The summed E-state index contributed by atoms with van der Waals surface area (Å²) < 4.78 is 0. The molecule has 5 nitrogen and oxygen atoms in total. The smallest absolute Gasteiger partial charge is 0.253 e. The maximum absolute atomic E-state index is 12.2. The van der Waals surface area contributed by atoms with Gasteiger partial charge in [-0.1, -0.05) is 12.1 Å². The van der Waals surface area contributed by atoms with Crippen molar-refractivity contribution in [2.45, 2.75) is 13.5 Å². The number of aryl methyl sites for hydroxylation is 1. The van der Waals surface area contributed by atoms with Crippen molar-refractivity contribution in [3.8, 4) is 11.1 Å². The summed E-state index contributed by atoms with van der Waals surface area (Å²) in [5, 5.41) is 9.62. The van der Waals surface area contributed by atoms with Crippen LogP contribution in [-0.4, -0.2) is 40.0 Å². The summed E-state index contributed by atoms with van der Waals surface area (Å²) in [7, 11) is 3.45. The number of nitrogens with one attached hydrogen (secondary N) is 1. The van der Waals surface area contributed by atoms with Crippen LogP contribution in [0.15, 0.2) is 36.4 Å². The van der Waals surface area contributed by atoms with E-state index in [1.807, 2.05) is 31.2 Å². The fraction of sp³-hybridized carbons (Fsp3) is 0.222. The summed E-state index contributed by atoms with van der Waals surface area (Å²) in [6.07, 6.45) is 0. The minimum atomic E-state index is -0.0800. The first-order chi connectivity index (χ1) is 11.0. The number of hydrogen-bond donors (Lipinski definition) is 2. The minimum absolute atomic E-state index is 0.0626. The van der Waals surface area contributed by atoms with Crippen molar-refractivity contribution in [3.05, 3.63) is 53.3 Å². The molecule has 5 heteroatoms. The maximum atomic E-state index is 12.2. The van der Waals surface area contributed by atoms with Crippen molar-refractivity contribution in [1.82, 2.24) is 14.9 Å². The minimum Gasteiger partial charge on any atom is -0.392 e. The maximum Gasteiger partial charge on any atom is 0.253 e. The first kappa shape index (κ1) is 15.2. The van der Waals surface area contributed by atoms with Gasteiger partial charge in [0, 0.05) is 19.7 Å². The van der Waals surface area contributed by atoms with Gasteiger partial charge in [-0.2, -0.15) is 0 Å². The third-order valence-corrected chi connectivity index (χ3v) is 3.85. The number of aromatic nitrogens is 2. The van der Waals surface area contributed by atoms with Crippen LogP contribution in [0, 0.1) is 6.92 Å². The highest BCUT2D eigenvalue weighted by atomic mass is 16.3. The number of aliphatic hydroxyl groups excluding tert-OH is 1. The van der Waals surface area contributed by atoms with Gasteiger partial charge in [0.2, 0.25) is 0 Å². The fourth-order valence-corrected chi connectivity index (χ4v) is 2.68. The van der Waals surface area contributed by atoms with Gasteiger partial charge in [0.15, 0.2) is 0 Å². The number of rotatable bonds is 3. The van der Waals surface area contributed by atoms with Gasteiger partial charge < -0.3 is 15.0 Å². The Balaban J connectivity index is 2.14. The van der Waals surface area contributed by atoms with Gasteiger partial charge in [0.05, 0.1) is 17.6 Å². The van der Waals surface area contributed by atoms with Crippen LogP contribution in [-0.2, 0) is 6.61 Å². The number of amides is 1. The monoisotopic (exact) mass is 309 g/mol. The standard InChI is InChI=1S/C18H19N3O2/c1-11-19-16-7-6-12(9-17(16)20-11)15-8-13(18(23)21(2)3)4-5-14(15)10-22/h4-9,22H,10H2,1-3H3,(H,19,20). The largest absolute Gasteiger partial charge is 0.392 e. The Hall–Kier alpha value is -2.66. The molecule has 0 radical (unpaired) electrons. The number of H-pyrrole nitrogens is 1. The average Bonchev–Trinajstić information content (AvgIpc) is 2.92. The third-order valence-electron chi connectivity index (χ3n) is 3.85. The molecule has 3 rings (SSSR count). The van der Waals surface area contributed by atoms with Gasteiger partial charge in [-0.15, -0.1) is 0 Å². The van der Waals surface area contributed by atoms with Crippen LogP contribution < -0.4 is 0 Å². The number of nitrogens with zero attached hydrogens (tertiary/aromatic N) is 2. The number of hydrogen-bond acceptors (Lipinski definition) is 3. The summed E-state index contributed by atoms with van der Waals surface area (Å²) >= 11 is 0. The molecule has 118 valence electrons. The molecule has 0 saturated carbocycles. The lowest BCUT2D eigenvalue weighted by Gasteiger charge is -2.14. The normalized spacial score (nSPS) is 11.0. The predicted molar refractivity (Wildman–Crippen MR) is 90.2 cm³/mol. The molecule has 0 aliphatic carbocycles. The average molecular weight is 309 g/mol. The second kappa shape index (κ2) is 5.85. The van der Waals surface area contributed by atoms with Crippen LogP contribution in [0.1, 0.15) is 21.7 Å². The van der Waals surface area contributed by atoms with E-state index in [0.717, 1.165) is 33.5 Å². The summed E-state index contributed by atoms with van der Waals surface area (Å²) in [6.45, 7) is 1.83. The second-order valence-electron chi connectivity index (χ2n) is 5.78. The Morgan fingerprint density at radius 2 is 2.00 bits per heavy atom. The van der Waals surface area contributed by atoms with Crippen LogP contribution in [0.5, 0.6) is 0 Å². The van der Waals surface area contributed by atoms with Crippen LogP contribution in [0.25, 0.3) is 22.2 Å². The molecule has 23 heavy (non-hydrogen) atoms. The Kier molecular flexibility index (Phi) is 3.88. The van der Waals surface area contributed by atoms with Crippen molar-refractivity contribution < 1.29 is 9.90 Å². The number of fused-ring (bicyclic) bond motifs is 1. The van der Waals surface area contributed by atoms with E-state index in [0.29, 0.717) is 5.56 Å². The molecular formula is C18H19N3O2. The molecule has 1 amide bonds. The quantitative estimate of drug-likeness (QED) is 0.781. The van der Waals surface area contributed by atoms with E-state index in [2.05, 4.69) is 9.97 Å². The van der Waals surface area contributed by atoms with Crippen molar-refractivity contribution in [1.29, 1.82) is 0 Å². The van der Waals surface area contributed by atoms with E-state index < -0.39 is 0 Å². The molecule has 2 N–H and O–H groups in total. The molecular weight excluding hydrogens is 290 g/mol. The van der Waals surface area contributed by atoms with Crippen molar-refractivity contribution >= 4 is 16.9 Å². The van der Waals surface area contributed by atoms with Crippen molar-refractivity contribution in [2.75, 3.05) is 14.1 Å². The number of aliphatic hydroxyl groups is 1. The first-order valence-electron chi connectivity index (χ1n) is 7.42. The number of imidazole rings is 1. The molecule has 1 aromatic heterocycles. The van der Waals surface area contributed by atoms with E-state index in [9.17, 15) is 9.90 Å². The first-order valence-corrected chi connectivity index (χ1v) is 7.42. The van der Waals surface area contributed by atoms with Crippen LogP contribution >= 0.6 is 0 Å². The molecule has 2 aromatic carbocycles. The molecule has 0 aliphatic heterocycles. The Bertz CT molecular complexity index is 881. The number of carbonyl (C=O) groups excluding carboxylic acids is 1. The predicted octanol–water partition coefficient (Wildman–Crippen LogP) is 2.73.